The molecule has 1 aliphatic carbocycles. The highest BCUT2D eigenvalue weighted by atomic mass is 32.2. The molecule has 1 aromatic carbocycles. The molecule has 2 unspecified atom stereocenters. The topological polar surface area (TPSA) is 37.4 Å². The van der Waals surface area contributed by atoms with Gasteiger partial charge in [-0.15, -0.1) is 0 Å². The highest BCUT2D eigenvalue weighted by molar-refractivity contribution is 7.91. The zero-order chi connectivity index (χ0) is 14.8. The predicted molar refractivity (Wildman–Crippen MR) is 78.8 cm³/mol. The fraction of sp³-hybridized carbons (Fsp3) is 0.600. The first-order chi connectivity index (χ1) is 9.38. The maximum atomic E-state index is 13.2. The van der Waals surface area contributed by atoms with Gasteiger partial charge in [0.05, 0.1) is 5.25 Å². The second-order valence-electron chi connectivity index (χ2n) is 5.76. The summed E-state index contributed by atoms with van der Waals surface area (Å²) in [6.45, 7) is 0.578. The quantitative estimate of drug-likeness (QED) is 0.857. The van der Waals surface area contributed by atoms with Gasteiger partial charge in [0, 0.05) is 18.8 Å². The van der Waals surface area contributed by atoms with E-state index in [-0.39, 0.29) is 17.1 Å². The van der Waals surface area contributed by atoms with Crippen molar-refractivity contribution in [1.29, 1.82) is 0 Å². The van der Waals surface area contributed by atoms with Crippen molar-refractivity contribution in [3.05, 3.63) is 35.6 Å². The Bertz CT molecular complexity index is 559. The van der Waals surface area contributed by atoms with Crippen molar-refractivity contribution in [3.8, 4) is 0 Å². The van der Waals surface area contributed by atoms with Gasteiger partial charge in [-0.1, -0.05) is 25.0 Å². The van der Waals surface area contributed by atoms with E-state index in [1.165, 1.54) is 18.4 Å². The third-order valence-electron chi connectivity index (χ3n) is 4.10. The first-order valence-corrected chi connectivity index (χ1v) is 8.97. The Morgan fingerprint density at radius 2 is 2.00 bits per heavy atom. The van der Waals surface area contributed by atoms with Gasteiger partial charge < -0.3 is 0 Å². The maximum Gasteiger partial charge on any atom is 0.151 e. The highest BCUT2D eigenvalue weighted by Gasteiger charge is 2.34. The second-order valence-corrected chi connectivity index (χ2v) is 8.03. The van der Waals surface area contributed by atoms with Gasteiger partial charge in [0.1, 0.15) is 5.82 Å². The van der Waals surface area contributed by atoms with Crippen LogP contribution in [0.25, 0.3) is 0 Å². The molecule has 0 spiro atoms. The molecule has 0 aliphatic heterocycles. The van der Waals surface area contributed by atoms with Crippen molar-refractivity contribution in [2.45, 2.75) is 43.5 Å². The van der Waals surface area contributed by atoms with Crippen LogP contribution in [0.1, 0.15) is 31.2 Å². The van der Waals surface area contributed by atoms with E-state index in [9.17, 15) is 12.8 Å². The molecule has 0 aromatic heterocycles. The molecule has 0 heterocycles. The molecule has 5 heteroatoms. The average Bonchev–Trinajstić information content (AvgIpc) is 2.37. The van der Waals surface area contributed by atoms with Crippen LogP contribution in [-0.4, -0.2) is 37.9 Å². The summed E-state index contributed by atoms with van der Waals surface area (Å²) in [4.78, 5) is 2.06. The van der Waals surface area contributed by atoms with E-state index >= 15 is 0 Å². The molecule has 3 nitrogen and oxygen atoms in total. The summed E-state index contributed by atoms with van der Waals surface area (Å²) in [5, 5.41) is -0.296. The van der Waals surface area contributed by atoms with Crippen molar-refractivity contribution in [2.75, 3.05) is 13.3 Å². The summed E-state index contributed by atoms with van der Waals surface area (Å²) in [6, 6.07) is 6.52. The van der Waals surface area contributed by atoms with E-state index in [0.717, 1.165) is 31.2 Å². The van der Waals surface area contributed by atoms with E-state index in [2.05, 4.69) is 4.90 Å². The second kappa shape index (κ2) is 6.22. The number of nitrogens with zero attached hydrogens (tertiary/aromatic N) is 1. The van der Waals surface area contributed by atoms with Crippen LogP contribution >= 0.6 is 0 Å². The number of hydrogen-bond donors (Lipinski definition) is 0. The predicted octanol–water partition coefficient (Wildman–Crippen LogP) is 2.61. The van der Waals surface area contributed by atoms with Crippen molar-refractivity contribution >= 4 is 9.84 Å². The number of benzene rings is 1. The maximum absolute atomic E-state index is 13.2. The van der Waals surface area contributed by atoms with Crippen LogP contribution < -0.4 is 0 Å². The van der Waals surface area contributed by atoms with Gasteiger partial charge in [-0.05, 0) is 37.6 Å². The van der Waals surface area contributed by atoms with Crippen LogP contribution in [-0.2, 0) is 16.4 Å². The number of halogens is 1. The zero-order valence-electron chi connectivity index (χ0n) is 12.0. The fourth-order valence-electron chi connectivity index (χ4n) is 3.12. The van der Waals surface area contributed by atoms with Crippen LogP contribution in [0, 0.1) is 5.82 Å². The Hall–Kier alpha value is -0.940. The van der Waals surface area contributed by atoms with E-state index in [1.807, 2.05) is 13.1 Å². The van der Waals surface area contributed by atoms with E-state index in [4.69, 9.17) is 0 Å². The van der Waals surface area contributed by atoms with Gasteiger partial charge in [-0.3, -0.25) is 4.90 Å². The largest absolute Gasteiger partial charge is 0.298 e. The SMILES string of the molecule is CN(Cc1cccc(F)c1)C1CCCCC1S(C)(=O)=O. The van der Waals surface area contributed by atoms with Crippen molar-refractivity contribution < 1.29 is 12.8 Å². The molecular formula is C15H22FNO2S. The minimum atomic E-state index is -3.04. The van der Waals surface area contributed by atoms with Crippen LogP contribution in [0.2, 0.25) is 0 Å². The lowest BCUT2D eigenvalue weighted by Crippen LogP contribution is -2.46. The summed E-state index contributed by atoms with van der Waals surface area (Å²) < 4.78 is 37.1. The molecule has 2 rings (SSSR count). The Kier molecular flexibility index (Phi) is 4.81. The van der Waals surface area contributed by atoms with E-state index < -0.39 is 9.84 Å². The Balaban J connectivity index is 2.12. The van der Waals surface area contributed by atoms with Crippen LogP contribution in [0.3, 0.4) is 0 Å². The first-order valence-electron chi connectivity index (χ1n) is 7.01. The highest BCUT2D eigenvalue weighted by Crippen LogP contribution is 2.28. The molecule has 1 saturated carbocycles. The molecule has 1 aromatic rings. The summed E-state index contributed by atoms with van der Waals surface area (Å²) in [5.41, 5.74) is 0.880. The summed E-state index contributed by atoms with van der Waals surface area (Å²) >= 11 is 0. The van der Waals surface area contributed by atoms with Gasteiger partial charge in [0.25, 0.3) is 0 Å². The lowest BCUT2D eigenvalue weighted by Gasteiger charge is -2.37. The van der Waals surface area contributed by atoms with Crippen LogP contribution in [0.15, 0.2) is 24.3 Å². The van der Waals surface area contributed by atoms with E-state index in [0.29, 0.717) is 6.54 Å². The lowest BCUT2D eigenvalue weighted by atomic mass is 9.93. The molecule has 1 aliphatic rings. The van der Waals surface area contributed by atoms with Gasteiger partial charge >= 0.3 is 0 Å². The average molecular weight is 299 g/mol. The molecule has 0 amide bonds. The molecule has 0 bridgehead atoms. The summed E-state index contributed by atoms with van der Waals surface area (Å²) in [7, 11) is -1.11. The normalized spacial score (nSPS) is 24.0. The Labute approximate surface area is 120 Å². The standard InChI is InChI=1S/C15H22FNO2S/c1-17(11-12-6-5-7-13(16)10-12)14-8-3-4-9-15(14)20(2,18)19/h5-7,10,14-15H,3-4,8-9,11H2,1-2H3. The number of hydrogen-bond acceptors (Lipinski definition) is 3. The number of sulfone groups is 1. The van der Waals surface area contributed by atoms with Gasteiger partial charge in [0.15, 0.2) is 9.84 Å². The Morgan fingerprint density at radius 3 is 2.65 bits per heavy atom. The van der Waals surface area contributed by atoms with Crippen molar-refractivity contribution in [3.63, 3.8) is 0 Å². The third kappa shape index (κ3) is 3.79. The van der Waals surface area contributed by atoms with Gasteiger partial charge in [-0.25, -0.2) is 12.8 Å². The van der Waals surface area contributed by atoms with Gasteiger partial charge in [-0.2, -0.15) is 0 Å². The summed E-state index contributed by atoms with van der Waals surface area (Å²) in [5.74, 6) is -0.251. The molecule has 0 saturated heterocycles. The minimum Gasteiger partial charge on any atom is -0.298 e. The van der Waals surface area contributed by atoms with Crippen LogP contribution in [0.4, 0.5) is 4.39 Å². The smallest absolute Gasteiger partial charge is 0.151 e. The fourth-order valence-corrected chi connectivity index (χ4v) is 4.63. The minimum absolute atomic E-state index is 0.0296. The van der Waals surface area contributed by atoms with Crippen LogP contribution in [0.5, 0.6) is 0 Å². The first kappa shape index (κ1) is 15.4. The molecule has 2 atom stereocenters. The van der Waals surface area contributed by atoms with E-state index in [1.54, 1.807) is 6.07 Å². The molecule has 20 heavy (non-hydrogen) atoms. The molecule has 0 N–H and O–H groups in total. The molecule has 0 radical (unpaired) electrons. The zero-order valence-corrected chi connectivity index (χ0v) is 12.9. The summed E-state index contributed by atoms with van der Waals surface area (Å²) in [6.07, 6.45) is 4.98. The molecule has 1 fully saturated rings. The van der Waals surface area contributed by atoms with Crippen molar-refractivity contribution in [1.82, 2.24) is 4.90 Å². The molecular weight excluding hydrogens is 277 g/mol. The Morgan fingerprint density at radius 1 is 1.30 bits per heavy atom. The lowest BCUT2D eigenvalue weighted by molar-refractivity contribution is 0.187. The third-order valence-corrected chi connectivity index (χ3v) is 5.75. The van der Waals surface area contributed by atoms with Crippen molar-refractivity contribution in [2.24, 2.45) is 0 Å². The monoisotopic (exact) mass is 299 g/mol. The number of rotatable bonds is 4. The van der Waals surface area contributed by atoms with Gasteiger partial charge in [0.2, 0.25) is 0 Å². The molecule has 112 valence electrons.